The second-order valence-electron chi connectivity index (χ2n) is 4.72. The molecule has 0 amide bonds. The molecule has 1 aliphatic heterocycles. The van der Waals surface area contributed by atoms with Crippen LogP contribution < -0.4 is 5.32 Å². The van der Waals surface area contributed by atoms with Crippen molar-refractivity contribution >= 4 is 15.5 Å². The van der Waals surface area contributed by atoms with Gasteiger partial charge in [-0.1, -0.05) is 18.2 Å². The standard InChI is InChI=1S/C13H19NO2S/c1-17(15,16)10-4-8-12-6-2-5-11-7-3-9-14-13(11)12/h2,5-6,14H,3-4,7-10H2,1H3. The minimum absolute atomic E-state index is 0.274. The van der Waals surface area contributed by atoms with Crippen LogP contribution in [-0.2, 0) is 22.7 Å². The van der Waals surface area contributed by atoms with Gasteiger partial charge in [0, 0.05) is 18.5 Å². The molecule has 0 radical (unpaired) electrons. The molecule has 94 valence electrons. The monoisotopic (exact) mass is 253 g/mol. The lowest BCUT2D eigenvalue weighted by Gasteiger charge is -2.21. The van der Waals surface area contributed by atoms with Crippen molar-refractivity contribution in [2.75, 3.05) is 23.9 Å². The molecule has 1 aromatic carbocycles. The fourth-order valence-corrected chi connectivity index (χ4v) is 2.98. The summed E-state index contributed by atoms with van der Waals surface area (Å²) in [5.74, 6) is 0.274. The van der Waals surface area contributed by atoms with Gasteiger partial charge in [0.15, 0.2) is 0 Å². The summed E-state index contributed by atoms with van der Waals surface area (Å²) in [6.45, 7) is 1.02. The minimum Gasteiger partial charge on any atom is -0.385 e. The summed E-state index contributed by atoms with van der Waals surface area (Å²) in [7, 11) is -2.84. The van der Waals surface area contributed by atoms with Gasteiger partial charge in [-0.05, 0) is 36.8 Å². The maximum Gasteiger partial charge on any atom is 0.147 e. The largest absolute Gasteiger partial charge is 0.385 e. The van der Waals surface area contributed by atoms with Gasteiger partial charge in [0.2, 0.25) is 0 Å². The number of benzene rings is 1. The Morgan fingerprint density at radius 1 is 1.35 bits per heavy atom. The average Bonchev–Trinajstić information content (AvgIpc) is 2.28. The first kappa shape index (κ1) is 12.4. The Labute approximate surface area is 103 Å². The molecule has 1 aromatic rings. The van der Waals surface area contributed by atoms with Gasteiger partial charge in [0.25, 0.3) is 0 Å². The highest BCUT2D eigenvalue weighted by Crippen LogP contribution is 2.26. The summed E-state index contributed by atoms with van der Waals surface area (Å²) in [6, 6.07) is 6.32. The Bertz CT molecular complexity index is 494. The molecule has 1 N–H and O–H groups in total. The predicted molar refractivity (Wildman–Crippen MR) is 71.3 cm³/mol. The number of para-hydroxylation sites is 1. The van der Waals surface area contributed by atoms with Gasteiger partial charge in [-0.25, -0.2) is 8.42 Å². The van der Waals surface area contributed by atoms with E-state index in [0.717, 1.165) is 19.4 Å². The molecule has 3 nitrogen and oxygen atoms in total. The molecule has 0 saturated carbocycles. The molecule has 0 spiro atoms. The van der Waals surface area contributed by atoms with E-state index in [2.05, 4.69) is 23.5 Å². The molecule has 4 heteroatoms. The molecule has 0 aliphatic carbocycles. The van der Waals surface area contributed by atoms with Crippen LogP contribution in [0.4, 0.5) is 5.69 Å². The minimum atomic E-state index is -2.84. The molecular formula is C13H19NO2S. The van der Waals surface area contributed by atoms with Crippen molar-refractivity contribution in [1.29, 1.82) is 0 Å². The maximum absolute atomic E-state index is 11.1. The number of aryl methyl sites for hydroxylation is 2. The number of hydrogen-bond acceptors (Lipinski definition) is 3. The van der Waals surface area contributed by atoms with Crippen molar-refractivity contribution in [2.24, 2.45) is 0 Å². The highest BCUT2D eigenvalue weighted by Gasteiger charge is 2.12. The summed E-state index contributed by atoms with van der Waals surface area (Å²) in [5, 5.41) is 3.43. The Hall–Kier alpha value is -1.03. The van der Waals surface area contributed by atoms with Crippen molar-refractivity contribution in [2.45, 2.75) is 25.7 Å². The van der Waals surface area contributed by atoms with Gasteiger partial charge < -0.3 is 5.32 Å². The average molecular weight is 253 g/mol. The van der Waals surface area contributed by atoms with E-state index in [4.69, 9.17) is 0 Å². The van der Waals surface area contributed by atoms with E-state index in [-0.39, 0.29) is 5.75 Å². The van der Waals surface area contributed by atoms with E-state index in [1.54, 1.807) is 0 Å². The Kier molecular flexibility index (Phi) is 3.72. The molecule has 1 aliphatic rings. The molecule has 2 rings (SSSR count). The third-order valence-corrected chi connectivity index (χ3v) is 4.15. The lowest BCUT2D eigenvalue weighted by Crippen LogP contribution is -2.14. The predicted octanol–water partition coefficient (Wildman–Crippen LogP) is 2.02. The number of fused-ring (bicyclic) bond motifs is 1. The van der Waals surface area contributed by atoms with Crippen LogP contribution in [0.3, 0.4) is 0 Å². The summed E-state index contributed by atoms with van der Waals surface area (Å²) in [6.07, 6.45) is 5.15. The third-order valence-electron chi connectivity index (χ3n) is 3.12. The first-order chi connectivity index (χ1) is 8.06. The number of sulfone groups is 1. The maximum atomic E-state index is 11.1. The molecular weight excluding hydrogens is 234 g/mol. The summed E-state index contributed by atoms with van der Waals surface area (Å²) < 4.78 is 22.2. The highest BCUT2D eigenvalue weighted by molar-refractivity contribution is 7.90. The number of anilines is 1. The zero-order valence-corrected chi connectivity index (χ0v) is 11.0. The Morgan fingerprint density at radius 3 is 2.94 bits per heavy atom. The molecule has 0 aromatic heterocycles. The van der Waals surface area contributed by atoms with Gasteiger partial charge in [0.1, 0.15) is 9.84 Å². The van der Waals surface area contributed by atoms with Gasteiger partial charge >= 0.3 is 0 Å². The van der Waals surface area contributed by atoms with Crippen molar-refractivity contribution < 1.29 is 8.42 Å². The lowest BCUT2D eigenvalue weighted by atomic mass is 9.97. The summed E-state index contributed by atoms with van der Waals surface area (Å²) >= 11 is 0. The van der Waals surface area contributed by atoms with E-state index in [0.29, 0.717) is 6.42 Å². The SMILES string of the molecule is CS(=O)(=O)CCCc1cccc2c1NCCC2. The van der Waals surface area contributed by atoms with Crippen molar-refractivity contribution in [3.05, 3.63) is 29.3 Å². The van der Waals surface area contributed by atoms with Crippen molar-refractivity contribution in [3.63, 3.8) is 0 Å². The van der Waals surface area contributed by atoms with Gasteiger partial charge in [-0.3, -0.25) is 0 Å². The van der Waals surface area contributed by atoms with E-state index < -0.39 is 9.84 Å². The molecule has 0 fully saturated rings. The first-order valence-corrected chi connectivity index (χ1v) is 8.15. The fraction of sp³-hybridized carbons (Fsp3) is 0.538. The highest BCUT2D eigenvalue weighted by atomic mass is 32.2. The first-order valence-electron chi connectivity index (χ1n) is 6.08. The normalized spacial score (nSPS) is 15.1. The second kappa shape index (κ2) is 5.08. The Balaban J connectivity index is 2.06. The fourth-order valence-electron chi connectivity index (χ4n) is 2.31. The van der Waals surface area contributed by atoms with E-state index in [1.807, 2.05) is 0 Å². The van der Waals surface area contributed by atoms with E-state index in [9.17, 15) is 8.42 Å². The second-order valence-corrected chi connectivity index (χ2v) is 6.97. The van der Waals surface area contributed by atoms with Crippen LogP contribution in [0.25, 0.3) is 0 Å². The number of rotatable bonds is 4. The van der Waals surface area contributed by atoms with Gasteiger partial charge in [-0.2, -0.15) is 0 Å². The number of hydrogen-bond donors (Lipinski definition) is 1. The number of nitrogens with one attached hydrogen (secondary N) is 1. The summed E-state index contributed by atoms with van der Waals surface area (Å²) in [4.78, 5) is 0. The van der Waals surface area contributed by atoms with Crippen LogP contribution in [0.2, 0.25) is 0 Å². The van der Waals surface area contributed by atoms with Crippen LogP contribution in [-0.4, -0.2) is 27.0 Å². The smallest absolute Gasteiger partial charge is 0.147 e. The van der Waals surface area contributed by atoms with Crippen LogP contribution in [0.15, 0.2) is 18.2 Å². The lowest BCUT2D eigenvalue weighted by molar-refractivity contribution is 0.599. The van der Waals surface area contributed by atoms with Gasteiger partial charge in [0.05, 0.1) is 5.75 Å². The van der Waals surface area contributed by atoms with E-state index in [1.165, 1.54) is 29.5 Å². The van der Waals surface area contributed by atoms with E-state index >= 15 is 0 Å². The molecule has 1 heterocycles. The topological polar surface area (TPSA) is 46.2 Å². The quantitative estimate of drug-likeness (QED) is 0.893. The molecule has 0 bridgehead atoms. The zero-order valence-electron chi connectivity index (χ0n) is 10.2. The third kappa shape index (κ3) is 3.46. The van der Waals surface area contributed by atoms with Crippen molar-refractivity contribution in [3.8, 4) is 0 Å². The summed E-state index contributed by atoms with van der Waals surface area (Å²) in [5.41, 5.74) is 3.87. The molecule has 0 unspecified atom stereocenters. The van der Waals surface area contributed by atoms with Gasteiger partial charge in [-0.15, -0.1) is 0 Å². The van der Waals surface area contributed by atoms with Crippen LogP contribution >= 0.6 is 0 Å². The van der Waals surface area contributed by atoms with Crippen LogP contribution in [0, 0.1) is 0 Å². The van der Waals surface area contributed by atoms with Crippen molar-refractivity contribution in [1.82, 2.24) is 0 Å². The molecule has 0 saturated heterocycles. The Morgan fingerprint density at radius 2 is 2.18 bits per heavy atom. The molecule has 17 heavy (non-hydrogen) atoms. The molecule has 0 atom stereocenters. The van der Waals surface area contributed by atoms with Crippen LogP contribution in [0.1, 0.15) is 24.0 Å². The van der Waals surface area contributed by atoms with Crippen LogP contribution in [0.5, 0.6) is 0 Å². The zero-order chi connectivity index (χ0) is 12.3.